The summed E-state index contributed by atoms with van der Waals surface area (Å²) in [6.45, 7) is 2.70. The van der Waals surface area contributed by atoms with Crippen LogP contribution in [0.2, 0.25) is 0 Å². The number of rotatable bonds is 10. The molecule has 188 valence electrons. The van der Waals surface area contributed by atoms with Crippen LogP contribution in [-0.4, -0.2) is 40.0 Å². The number of aromatic nitrogens is 4. The summed E-state index contributed by atoms with van der Waals surface area (Å²) in [6, 6.07) is 14.0. The summed E-state index contributed by atoms with van der Waals surface area (Å²) in [6.07, 6.45) is 0.567. The van der Waals surface area contributed by atoms with Gasteiger partial charge in [0.25, 0.3) is 5.56 Å². The van der Waals surface area contributed by atoms with Gasteiger partial charge in [0.05, 0.1) is 13.1 Å². The highest BCUT2D eigenvalue weighted by molar-refractivity contribution is 5.62. The topological polar surface area (TPSA) is 132 Å². The van der Waals surface area contributed by atoms with Crippen LogP contribution < -0.4 is 21.9 Å². The third kappa shape index (κ3) is 5.52. The van der Waals surface area contributed by atoms with Gasteiger partial charge in [0.2, 0.25) is 11.7 Å². The molecule has 0 aliphatic rings. The largest absolute Gasteiger partial charge is 0.385 e. The van der Waals surface area contributed by atoms with E-state index in [9.17, 15) is 14.0 Å². The minimum atomic E-state index is -0.625. The molecular formula is C25H27FN6O4. The van der Waals surface area contributed by atoms with Gasteiger partial charge in [-0.1, -0.05) is 47.6 Å². The summed E-state index contributed by atoms with van der Waals surface area (Å²) in [5, 5.41) is 3.96. The molecule has 0 saturated carbocycles. The van der Waals surface area contributed by atoms with E-state index in [1.54, 1.807) is 31.1 Å². The van der Waals surface area contributed by atoms with Crippen molar-refractivity contribution in [2.24, 2.45) is 0 Å². The molecule has 10 nitrogen and oxygen atoms in total. The van der Waals surface area contributed by atoms with Crippen LogP contribution in [0.25, 0.3) is 11.4 Å². The maximum Gasteiger partial charge on any atom is 0.330 e. The van der Waals surface area contributed by atoms with Crippen molar-refractivity contribution in [2.45, 2.75) is 26.4 Å². The van der Waals surface area contributed by atoms with Crippen molar-refractivity contribution in [2.75, 3.05) is 30.9 Å². The van der Waals surface area contributed by atoms with Crippen LogP contribution in [0.15, 0.2) is 62.6 Å². The van der Waals surface area contributed by atoms with Gasteiger partial charge in [-0.25, -0.2) is 9.18 Å². The first-order valence-electron chi connectivity index (χ1n) is 11.4. The molecule has 0 aliphatic heterocycles. The second kappa shape index (κ2) is 11.0. The van der Waals surface area contributed by atoms with Crippen LogP contribution in [0.5, 0.6) is 0 Å². The zero-order chi connectivity index (χ0) is 25.7. The van der Waals surface area contributed by atoms with Crippen LogP contribution in [0.3, 0.4) is 0 Å². The predicted octanol–water partition coefficient (Wildman–Crippen LogP) is 2.71. The number of hydrogen-bond donors (Lipinski definition) is 2. The van der Waals surface area contributed by atoms with Crippen LogP contribution in [0, 0.1) is 12.7 Å². The van der Waals surface area contributed by atoms with E-state index in [-0.39, 0.29) is 42.1 Å². The van der Waals surface area contributed by atoms with Crippen LogP contribution in [0.4, 0.5) is 15.9 Å². The summed E-state index contributed by atoms with van der Waals surface area (Å²) in [7, 11) is 1.58. The molecule has 2 heterocycles. The second-order valence-electron chi connectivity index (χ2n) is 8.31. The molecule has 0 unspecified atom stereocenters. The molecule has 0 bridgehead atoms. The number of nitrogen functional groups attached to an aromatic ring is 1. The van der Waals surface area contributed by atoms with Crippen LogP contribution in [-0.2, 0) is 17.8 Å². The monoisotopic (exact) mass is 494 g/mol. The predicted molar refractivity (Wildman–Crippen MR) is 133 cm³/mol. The van der Waals surface area contributed by atoms with Crippen molar-refractivity contribution in [1.29, 1.82) is 0 Å². The zero-order valence-electron chi connectivity index (χ0n) is 20.0. The van der Waals surface area contributed by atoms with Gasteiger partial charge in [-0.15, -0.1) is 0 Å². The molecule has 0 aliphatic carbocycles. The Morgan fingerprint density at radius 1 is 1.19 bits per heavy atom. The van der Waals surface area contributed by atoms with Gasteiger partial charge in [0.15, 0.2) is 0 Å². The zero-order valence-corrected chi connectivity index (χ0v) is 20.0. The molecule has 36 heavy (non-hydrogen) atoms. The number of methoxy groups -OCH3 is 1. The minimum Gasteiger partial charge on any atom is -0.385 e. The number of nitrogens with two attached hydrogens (primary N) is 1. The number of nitrogens with one attached hydrogen (secondary N) is 1. The fourth-order valence-electron chi connectivity index (χ4n) is 3.81. The molecule has 0 radical (unpaired) electrons. The molecule has 0 amide bonds. The average molecular weight is 495 g/mol. The summed E-state index contributed by atoms with van der Waals surface area (Å²) in [5.41, 5.74) is 7.08. The first-order chi connectivity index (χ1) is 17.4. The molecule has 4 aromatic rings. The van der Waals surface area contributed by atoms with Gasteiger partial charge in [0.1, 0.15) is 17.3 Å². The lowest BCUT2D eigenvalue weighted by Crippen LogP contribution is -2.39. The van der Waals surface area contributed by atoms with Crippen molar-refractivity contribution in [3.63, 3.8) is 0 Å². The van der Waals surface area contributed by atoms with E-state index in [0.29, 0.717) is 30.7 Å². The lowest BCUT2D eigenvalue weighted by Gasteiger charge is -2.24. The molecule has 4 rings (SSSR count). The fourth-order valence-corrected chi connectivity index (χ4v) is 3.81. The van der Waals surface area contributed by atoms with E-state index in [2.05, 4.69) is 15.1 Å². The molecule has 3 N–H and O–H groups in total. The summed E-state index contributed by atoms with van der Waals surface area (Å²) < 4.78 is 25.9. The van der Waals surface area contributed by atoms with E-state index in [1.807, 2.05) is 30.3 Å². The number of anilines is 2. The van der Waals surface area contributed by atoms with E-state index >= 15 is 0 Å². The van der Waals surface area contributed by atoms with Crippen molar-refractivity contribution < 1.29 is 13.7 Å². The highest BCUT2D eigenvalue weighted by Gasteiger charge is 2.22. The molecule has 0 fully saturated rings. The average Bonchev–Trinajstić information content (AvgIpc) is 3.32. The summed E-state index contributed by atoms with van der Waals surface area (Å²) >= 11 is 0. The Hall–Kier alpha value is -4.25. The number of aromatic amines is 1. The van der Waals surface area contributed by atoms with Crippen LogP contribution >= 0.6 is 0 Å². The smallest absolute Gasteiger partial charge is 0.330 e. The third-order valence-corrected chi connectivity index (χ3v) is 5.71. The summed E-state index contributed by atoms with van der Waals surface area (Å²) in [4.78, 5) is 33.9. The maximum atomic E-state index is 14.0. The van der Waals surface area contributed by atoms with E-state index in [4.69, 9.17) is 15.0 Å². The number of halogens is 1. The van der Waals surface area contributed by atoms with Crippen molar-refractivity contribution in [3.05, 3.63) is 92.2 Å². The van der Waals surface area contributed by atoms with E-state index < -0.39 is 11.2 Å². The number of ether oxygens (including phenoxy) is 1. The Balaban J connectivity index is 1.68. The number of H-pyrrole nitrogens is 1. The normalized spacial score (nSPS) is 11.1. The Morgan fingerprint density at radius 2 is 1.97 bits per heavy atom. The van der Waals surface area contributed by atoms with Crippen molar-refractivity contribution in [3.8, 4) is 11.4 Å². The van der Waals surface area contributed by atoms with Gasteiger partial charge in [-0.2, -0.15) is 4.98 Å². The Labute approximate surface area is 206 Å². The van der Waals surface area contributed by atoms with Crippen LogP contribution in [0.1, 0.15) is 23.4 Å². The molecule has 0 atom stereocenters. The number of benzene rings is 2. The minimum absolute atomic E-state index is 0.0189. The second-order valence-corrected chi connectivity index (χ2v) is 8.31. The molecule has 11 heteroatoms. The first kappa shape index (κ1) is 24.9. The standard InChI is InChI=1S/C25H27FN6O4/c1-16-9-10-18(13-19(16)26)23-28-20(36-30-23)15-31(11-6-12-35-2)21-22(27)32(25(34)29-24(21)33)14-17-7-4-3-5-8-17/h3-5,7-10,13H,6,11-12,14-15,27H2,1-2H3,(H,29,33,34). The van der Waals surface area contributed by atoms with Gasteiger partial charge >= 0.3 is 5.69 Å². The Bertz CT molecular complexity index is 1450. The molecular weight excluding hydrogens is 467 g/mol. The van der Waals surface area contributed by atoms with E-state index in [1.165, 1.54) is 10.6 Å². The number of nitrogens with zero attached hydrogens (tertiary/aromatic N) is 4. The lowest BCUT2D eigenvalue weighted by atomic mass is 10.1. The van der Waals surface area contributed by atoms with Gasteiger partial charge in [-0.3, -0.25) is 14.3 Å². The summed E-state index contributed by atoms with van der Waals surface area (Å²) in [5.74, 6) is 0.0602. The van der Waals surface area contributed by atoms with Crippen molar-refractivity contribution >= 4 is 11.5 Å². The highest BCUT2D eigenvalue weighted by atomic mass is 19.1. The maximum absolute atomic E-state index is 14.0. The highest BCUT2D eigenvalue weighted by Crippen LogP contribution is 2.23. The molecule has 0 saturated heterocycles. The van der Waals surface area contributed by atoms with E-state index in [0.717, 1.165) is 5.56 Å². The van der Waals surface area contributed by atoms with Gasteiger partial charge in [0, 0.05) is 25.8 Å². The molecule has 2 aromatic heterocycles. The molecule has 0 spiro atoms. The quantitative estimate of drug-likeness (QED) is 0.322. The fraction of sp³-hybridized carbons (Fsp3) is 0.280. The molecule has 2 aromatic carbocycles. The Kier molecular flexibility index (Phi) is 7.59. The van der Waals surface area contributed by atoms with Gasteiger partial charge in [-0.05, 0) is 30.5 Å². The Morgan fingerprint density at radius 3 is 2.69 bits per heavy atom. The lowest BCUT2D eigenvalue weighted by molar-refractivity contribution is 0.195. The third-order valence-electron chi connectivity index (χ3n) is 5.71. The van der Waals surface area contributed by atoms with Gasteiger partial charge < -0.3 is 19.9 Å². The SMILES string of the molecule is COCCCN(Cc1nc(-c2ccc(C)c(F)c2)no1)c1c(N)n(Cc2ccccc2)c(=O)[nH]c1=O. The first-order valence-corrected chi connectivity index (χ1v) is 11.4. The number of aryl methyl sites for hydroxylation is 1. The number of hydrogen-bond acceptors (Lipinski definition) is 8. The van der Waals surface area contributed by atoms with Crippen molar-refractivity contribution in [1.82, 2.24) is 19.7 Å².